The maximum Gasteiger partial charge on any atom is 0.342 e. The Balaban J connectivity index is 2.28. The maximum atomic E-state index is 11.6. The van der Waals surface area contributed by atoms with E-state index in [1.54, 1.807) is 0 Å². The van der Waals surface area contributed by atoms with Gasteiger partial charge in [0.25, 0.3) is 0 Å². The quantitative estimate of drug-likeness (QED) is 0.313. The smallest absolute Gasteiger partial charge is 0.342 e. The Morgan fingerprint density at radius 1 is 1.08 bits per heavy atom. The van der Waals surface area contributed by atoms with Gasteiger partial charge in [-0.05, 0) is 24.8 Å². The summed E-state index contributed by atoms with van der Waals surface area (Å²) in [5.41, 5.74) is 1.13. The van der Waals surface area contributed by atoms with Crippen molar-refractivity contribution in [2.75, 3.05) is 13.2 Å². The van der Waals surface area contributed by atoms with Crippen molar-refractivity contribution in [3.8, 4) is 0 Å². The Morgan fingerprint density at radius 3 is 2.48 bits per heavy atom. The summed E-state index contributed by atoms with van der Waals surface area (Å²) < 4.78 is 5.81. The molecular formula is C19H28O6. The lowest BCUT2D eigenvalue weighted by Gasteiger charge is -2.17. The summed E-state index contributed by atoms with van der Waals surface area (Å²) in [6, 6.07) is 9.93. The molecule has 0 heterocycles. The highest BCUT2D eigenvalue weighted by Crippen LogP contribution is 2.09. The van der Waals surface area contributed by atoms with Crippen LogP contribution in [0.4, 0.5) is 0 Å². The molecule has 140 valence electrons. The lowest BCUT2D eigenvalue weighted by atomic mass is 10.1. The number of aliphatic carboxylic acids is 1. The molecule has 0 saturated heterocycles. The molecular weight excluding hydrogens is 324 g/mol. The highest BCUT2D eigenvalue weighted by molar-refractivity contribution is 5.69. The van der Waals surface area contributed by atoms with Crippen molar-refractivity contribution in [1.82, 2.24) is 0 Å². The van der Waals surface area contributed by atoms with Crippen LogP contribution in [-0.2, 0) is 30.5 Å². The van der Waals surface area contributed by atoms with Crippen LogP contribution in [0.15, 0.2) is 30.3 Å². The summed E-state index contributed by atoms with van der Waals surface area (Å²) in [4.78, 5) is 31.8. The van der Waals surface area contributed by atoms with Crippen molar-refractivity contribution in [2.45, 2.75) is 58.0 Å². The average Bonchev–Trinajstić information content (AvgIpc) is 2.59. The van der Waals surface area contributed by atoms with Gasteiger partial charge in [-0.1, -0.05) is 43.7 Å². The van der Waals surface area contributed by atoms with Crippen LogP contribution in [0.5, 0.6) is 0 Å². The standard InChI is InChI=1S/C19H28O6/c1-2-3-13-23-17(14-16-9-5-4-6-10-16)15-24-25-19(22)12-8-7-11-18(20)21/h4-6,9-10,17H,2-3,7-8,11-15H2,1H3,(H,20,21). The van der Waals surface area contributed by atoms with E-state index < -0.39 is 11.9 Å². The van der Waals surface area contributed by atoms with Gasteiger partial charge in [-0.3, -0.25) is 9.68 Å². The molecule has 0 aliphatic carbocycles. The third-order valence-electron chi connectivity index (χ3n) is 3.58. The predicted octanol–water partition coefficient (Wildman–Crippen LogP) is 3.53. The molecule has 6 nitrogen and oxygen atoms in total. The topological polar surface area (TPSA) is 82.1 Å². The number of rotatable bonds is 14. The first kappa shape index (κ1) is 21.1. The van der Waals surface area contributed by atoms with Crippen LogP contribution in [0.25, 0.3) is 0 Å². The molecule has 0 aliphatic heterocycles. The van der Waals surface area contributed by atoms with Gasteiger partial charge >= 0.3 is 11.9 Å². The third-order valence-corrected chi connectivity index (χ3v) is 3.58. The van der Waals surface area contributed by atoms with E-state index in [2.05, 4.69) is 6.92 Å². The Morgan fingerprint density at radius 2 is 1.80 bits per heavy atom. The van der Waals surface area contributed by atoms with Gasteiger partial charge in [0.05, 0.1) is 6.10 Å². The number of benzene rings is 1. The number of carboxylic acid groups (broad SMARTS) is 1. The van der Waals surface area contributed by atoms with Crippen LogP contribution >= 0.6 is 0 Å². The van der Waals surface area contributed by atoms with Crippen molar-refractivity contribution in [3.63, 3.8) is 0 Å². The van der Waals surface area contributed by atoms with Crippen molar-refractivity contribution in [3.05, 3.63) is 35.9 Å². The van der Waals surface area contributed by atoms with Crippen LogP contribution in [0.3, 0.4) is 0 Å². The van der Waals surface area contributed by atoms with Gasteiger partial charge in [-0.25, -0.2) is 4.79 Å². The Bertz CT molecular complexity index is 488. The lowest BCUT2D eigenvalue weighted by molar-refractivity contribution is -0.283. The second-order valence-electron chi connectivity index (χ2n) is 5.88. The van der Waals surface area contributed by atoms with Gasteiger partial charge in [0.2, 0.25) is 0 Å². The Labute approximate surface area is 149 Å². The monoisotopic (exact) mass is 352 g/mol. The summed E-state index contributed by atoms with van der Waals surface area (Å²) in [7, 11) is 0. The number of carbonyl (C=O) groups excluding carboxylic acids is 1. The zero-order valence-corrected chi connectivity index (χ0v) is 14.8. The van der Waals surface area contributed by atoms with Crippen molar-refractivity contribution in [1.29, 1.82) is 0 Å². The molecule has 1 aromatic rings. The van der Waals surface area contributed by atoms with Crippen molar-refractivity contribution < 1.29 is 29.2 Å². The summed E-state index contributed by atoms with van der Waals surface area (Å²) in [6.45, 7) is 2.90. The fourth-order valence-corrected chi connectivity index (χ4v) is 2.20. The first-order valence-corrected chi connectivity index (χ1v) is 8.81. The molecule has 0 spiro atoms. The van der Waals surface area contributed by atoms with E-state index in [1.807, 2.05) is 30.3 Å². The summed E-state index contributed by atoms with van der Waals surface area (Å²) in [5.74, 6) is -1.35. The summed E-state index contributed by atoms with van der Waals surface area (Å²) in [6.07, 6.45) is 3.62. The second kappa shape index (κ2) is 13.4. The van der Waals surface area contributed by atoms with Crippen molar-refractivity contribution in [2.24, 2.45) is 0 Å². The largest absolute Gasteiger partial charge is 0.481 e. The maximum absolute atomic E-state index is 11.6. The Kier molecular flexibility index (Phi) is 11.3. The normalized spacial score (nSPS) is 11.9. The number of unbranched alkanes of at least 4 members (excludes halogenated alkanes) is 2. The van der Waals surface area contributed by atoms with E-state index in [1.165, 1.54) is 0 Å². The van der Waals surface area contributed by atoms with Gasteiger partial charge in [0.15, 0.2) is 0 Å². The van der Waals surface area contributed by atoms with Crippen LogP contribution in [0, 0.1) is 0 Å². The second-order valence-corrected chi connectivity index (χ2v) is 5.88. The molecule has 1 unspecified atom stereocenters. The number of ether oxygens (including phenoxy) is 1. The molecule has 0 bridgehead atoms. The van der Waals surface area contributed by atoms with E-state index in [0.717, 1.165) is 18.4 Å². The van der Waals surface area contributed by atoms with Gasteiger partial charge < -0.3 is 9.84 Å². The van der Waals surface area contributed by atoms with Gasteiger partial charge in [-0.2, -0.15) is 4.89 Å². The molecule has 0 saturated carbocycles. The van der Waals surface area contributed by atoms with Crippen LogP contribution in [0.1, 0.15) is 51.0 Å². The molecule has 1 aromatic carbocycles. The van der Waals surface area contributed by atoms with Crippen LogP contribution < -0.4 is 0 Å². The average molecular weight is 352 g/mol. The Hall–Kier alpha value is -1.92. The fourth-order valence-electron chi connectivity index (χ4n) is 2.20. The minimum absolute atomic E-state index is 0.0541. The van der Waals surface area contributed by atoms with E-state index >= 15 is 0 Å². The summed E-state index contributed by atoms with van der Waals surface area (Å²) in [5, 5.41) is 8.54. The van der Waals surface area contributed by atoms with Crippen LogP contribution in [0.2, 0.25) is 0 Å². The minimum atomic E-state index is -0.863. The number of carbonyl (C=O) groups is 2. The number of hydrogen-bond acceptors (Lipinski definition) is 5. The van der Waals surface area contributed by atoms with E-state index in [4.69, 9.17) is 19.6 Å². The first-order chi connectivity index (χ1) is 12.1. The number of carboxylic acids is 1. The molecule has 1 rings (SSSR count). The van der Waals surface area contributed by atoms with Crippen LogP contribution in [-0.4, -0.2) is 36.4 Å². The van der Waals surface area contributed by atoms with E-state index in [0.29, 0.717) is 25.9 Å². The lowest BCUT2D eigenvalue weighted by Crippen LogP contribution is -2.24. The minimum Gasteiger partial charge on any atom is -0.481 e. The third kappa shape index (κ3) is 11.3. The molecule has 0 aromatic heterocycles. The zero-order valence-electron chi connectivity index (χ0n) is 14.8. The molecule has 1 atom stereocenters. The fraction of sp³-hybridized carbons (Fsp3) is 0.579. The molecule has 6 heteroatoms. The van der Waals surface area contributed by atoms with Gasteiger partial charge in [0.1, 0.15) is 6.61 Å². The molecule has 0 aliphatic rings. The molecule has 0 amide bonds. The molecule has 25 heavy (non-hydrogen) atoms. The molecule has 0 fully saturated rings. The SMILES string of the molecule is CCCCOC(COOC(=O)CCCCC(=O)O)Cc1ccccc1. The zero-order chi connectivity index (χ0) is 18.3. The van der Waals surface area contributed by atoms with E-state index in [-0.39, 0.29) is 25.6 Å². The predicted molar refractivity (Wildman–Crippen MR) is 92.9 cm³/mol. The van der Waals surface area contributed by atoms with Crippen molar-refractivity contribution >= 4 is 11.9 Å². The highest BCUT2D eigenvalue weighted by atomic mass is 17.2. The first-order valence-electron chi connectivity index (χ1n) is 8.81. The van der Waals surface area contributed by atoms with Gasteiger partial charge in [-0.15, -0.1) is 0 Å². The molecule has 0 radical (unpaired) electrons. The molecule has 1 N–H and O–H groups in total. The van der Waals surface area contributed by atoms with E-state index in [9.17, 15) is 9.59 Å². The highest BCUT2D eigenvalue weighted by Gasteiger charge is 2.13. The van der Waals surface area contributed by atoms with Gasteiger partial charge in [0, 0.05) is 25.9 Å². The number of hydrogen-bond donors (Lipinski definition) is 1. The summed E-state index contributed by atoms with van der Waals surface area (Å²) >= 11 is 0.